The molecule has 290 valence electrons. The molecule has 9 aromatic carbocycles. The molecule has 12 rings (SSSR count). The zero-order chi connectivity index (χ0) is 41.0. The van der Waals surface area contributed by atoms with Crippen molar-refractivity contribution in [3.63, 3.8) is 0 Å². The van der Waals surface area contributed by atoms with Crippen molar-refractivity contribution in [3.05, 3.63) is 231 Å². The molecule has 0 bridgehead atoms. The van der Waals surface area contributed by atoms with Crippen molar-refractivity contribution in [2.45, 2.75) is 0 Å². The Hall–Kier alpha value is -8.34. The second-order valence-electron chi connectivity index (χ2n) is 15.8. The van der Waals surface area contributed by atoms with Crippen molar-refractivity contribution in [1.82, 2.24) is 19.1 Å². The van der Waals surface area contributed by atoms with Gasteiger partial charge in [-0.25, -0.2) is 9.97 Å². The smallest absolute Gasteiger partial charge is 0.160 e. The first-order chi connectivity index (χ1) is 30.8. The quantitative estimate of drug-likeness (QED) is 0.161. The number of aromatic nitrogens is 4. The van der Waals surface area contributed by atoms with Crippen LogP contribution in [0, 0.1) is 0 Å². The second kappa shape index (κ2) is 14.7. The largest absolute Gasteiger partial charge is 0.309 e. The van der Waals surface area contributed by atoms with Crippen molar-refractivity contribution in [1.29, 1.82) is 0 Å². The van der Waals surface area contributed by atoms with E-state index in [2.05, 4.69) is 240 Å². The number of fused-ring (bicyclic) bond motifs is 6. The Kier molecular flexibility index (Phi) is 8.46. The molecule has 62 heavy (non-hydrogen) atoms. The van der Waals surface area contributed by atoms with Gasteiger partial charge in [0, 0.05) is 38.7 Å². The second-order valence-corrected chi connectivity index (χ2v) is 15.8. The predicted octanol–water partition coefficient (Wildman–Crippen LogP) is 15.0. The lowest BCUT2D eigenvalue weighted by molar-refractivity contribution is 1.15. The van der Waals surface area contributed by atoms with E-state index in [9.17, 15) is 0 Å². The van der Waals surface area contributed by atoms with Gasteiger partial charge in [0.15, 0.2) is 5.82 Å². The van der Waals surface area contributed by atoms with E-state index in [0.29, 0.717) is 5.82 Å². The first-order valence-electron chi connectivity index (χ1n) is 21.1. The van der Waals surface area contributed by atoms with Gasteiger partial charge in [0.05, 0.1) is 27.8 Å². The van der Waals surface area contributed by atoms with E-state index in [1.165, 1.54) is 33.0 Å². The van der Waals surface area contributed by atoms with Crippen LogP contribution < -0.4 is 0 Å². The molecule has 3 heterocycles. The van der Waals surface area contributed by atoms with Crippen molar-refractivity contribution in [2.75, 3.05) is 0 Å². The minimum absolute atomic E-state index is 0.688. The Morgan fingerprint density at radius 1 is 0.306 bits per heavy atom. The standard InChI is InChI=1S/C58H38N4/c1-5-18-39(19-6-1)42-24-16-29-47(37-42)61-52-35-34-43(40-20-7-2-8-21-40)38-50(52)54-48(31-17-33-53(54)61)44-25-15-26-45(36-44)58-59-55(41-22-9-3-10-23-41)57-56(60-58)49-30-13-14-32-51(49)62(57)46-27-11-4-12-28-46/h1-38H. The molecular formula is C58H38N4. The fraction of sp³-hybridized carbons (Fsp3) is 0. The summed E-state index contributed by atoms with van der Waals surface area (Å²) in [5.74, 6) is 0.688. The van der Waals surface area contributed by atoms with E-state index in [0.717, 1.165) is 72.3 Å². The molecule has 0 aliphatic rings. The maximum atomic E-state index is 5.46. The van der Waals surface area contributed by atoms with Gasteiger partial charge in [-0.2, -0.15) is 0 Å². The van der Waals surface area contributed by atoms with Crippen LogP contribution in [-0.2, 0) is 0 Å². The Morgan fingerprint density at radius 3 is 1.61 bits per heavy atom. The molecule has 0 saturated carbocycles. The predicted molar refractivity (Wildman–Crippen MR) is 258 cm³/mol. The molecule has 0 N–H and O–H groups in total. The van der Waals surface area contributed by atoms with Crippen LogP contribution in [0.15, 0.2) is 231 Å². The third kappa shape index (κ3) is 5.92. The lowest BCUT2D eigenvalue weighted by Crippen LogP contribution is -1.99. The number of hydrogen-bond donors (Lipinski definition) is 0. The van der Waals surface area contributed by atoms with Gasteiger partial charge in [0.1, 0.15) is 5.52 Å². The Balaban J connectivity index is 1.09. The maximum Gasteiger partial charge on any atom is 0.160 e. The Bertz CT molecular complexity index is 3610. The van der Waals surface area contributed by atoms with Crippen molar-refractivity contribution < 1.29 is 0 Å². The summed E-state index contributed by atoms with van der Waals surface area (Å²) >= 11 is 0. The highest BCUT2D eigenvalue weighted by Gasteiger charge is 2.22. The van der Waals surface area contributed by atoms with Crippen LogP contribution >= 0.6 is 0 Å². The molecule has 12 aromatic rings. The van der Waals surface area contributed by atoms with E-state index in [-0.39, 0.29) is 0 Å². The Labute approximate surface area is 359 Å². The first-order valence-corrected chi connectivity index (χ1v) is 21.1. The fourth-order valence-corrected chi connectivity index (χ4v) is 9.30. The molecular weight excluding hydrogens is 753 g/mol. The zero-order valence-electron chi connectivity index (χ0n) is 33.7. The number of benzene rings is 9. The molecule has 0 atom stereocenters. The summed E-state index contributed by atoms with van der Waals surface area (Å²) < 4.78 is 4.73. The molecule has 0 spiro atoms. The van der Waals surface area contributed by atoms with Crippen molar-refractivity contribution in [2.24, 2.45) is 0 Å². The highest BCUT2D eigenvalue weighted by atomic mass is 15.0. The molecule has 4 nitrogen and oxygen atoms in total. The minimum Gasteiger partial charge on any atom is -0.309 e. The van der Waals surface area contributed by atoms with E-state index < -0.39 is 0 Å². The molecule has 0 amide bonds. The van der Waals surface area contributed by atoms with Crippen molar-refractivity contribution in [3.8, 4) is 67.4 Å². The van der Waals surface area contributed by atoms with Crippen LogP contribution in [0.3, 0.4) is 0 Å². The average Bonchev–Trinajstić information content (AvgIpc) is 3.88. The normalized spacial score (nSPS) is 11.5. The molecule has 0 radical (unpaired) electrons. The highest BCUT2D eigenvalue weighted by Crippen LogP contribution is 2.42. The lowest BCUT2D eigenvalue weighted by atomic mass is 9.96. The van der Waals surface area contributed by atoms with E-state index in [1.807, 2.05) is 0 Å². The van der Waals surface area contributed by atoms with Gasteiger partial charge in [-0.1, -0.05) is 176 Å². The first kappa shape index (κ1) is 35.6. The van der Waals surface area contributed by atoms with Crippen LogP contribution in [0.2, 0.25) is 0 Å². The number of hydrogen-bond acceptors (Lipinski definition) is 2. The summed E-state index contributed by atoms with van der Waals surface area (Å²) in [5.41, 5.74) is 17.4. The van der Waals surface area contributed by atoms with Crippen LogP contribution in [0.1, 0.15) is 0 Å². The number of rotatable bonds is 7. The summed E-state index contributed by atoms with van der Waals surface area (Å²) in [6.07, 6.45) is 0. The monoisotopic (exact) mass is 790 g/mol. The fourth-order valence-electron chi connectivity index (χ4n) is 9.30. The SMILES string of the molecule is c1ccc(-c2cccc(-n3c4ccc(-c5ccccc5)cc4c4c(-c5cccc(-c6nc(-c7ccccc7)c7c(n6)c6ccccc6n7-c6ccccc6)c5)cccc43)c2)cc1. The van der Waals surface area contributed by atoms with Gasteiger partial charge in [0.25, 0.3) is 0 Å². The third-order valence-electron chi connectivity index (χ3n) is 12.1. The van der Waals surface area contributed by atoms with Crippen LogP contribution in [0.25, 0.3) is 111 Å². The Morgan fingerprint density at radius 2 is 0.855 bits per heavy atom. The lowest BCUT2D eigenvalue weighted by Gasteiger charge is -2.13. The van der Waals surface area contributed by atoms with Gasteiger partial charge < -0.3 is 9.13 Å². The molecule has 0 unspecified atom stereocenters. The highest BCUT2D eigenvalue weighted by molar-refractivity contribution is 6.17. The van der Waals surface area contributed by atoms with Crippen LogP contribution in [-0.4, -0.2) is 19.1 Å². The topological polar surface area (TPSA) is 35.6 Å². The summed E-state index contributed by atoms with van der Waals surface area (Å²) in [4.78, 5) is 10.9. The van der Waals surface area contributed by atoms with Crippen LogP contribution in [0.4, 0.5) is 0 Å². The third-order valence-corrected chi connectivity index (χ3v) is 12.1. The summed E-state index contributed by atoms with van der Waals surface area (Å²) in [7, 11) is 0. The van der Waals surface area contributed by atoms with Gasteiger partial charge in [0.2, 0.25) is 0 Å². The molecule has 0 aliphatic heterocycles. The van der Waals surface area contributed by atoms with E-state index in [4.69, 9.17) is 9.97 Å². The van der Waals surface area contributed by atoms with Gasteiger partial charge in [-0.15, -0.1) is 0 Å². The zero-order valence-corrected chi connectivity index (χ0v) is 33.7. The molecule has 3 aromatic heterocycles. The summed E-state index contributed by atoms with van der Waals surface area (Å²) in [5, 5.41) is 3.49. The van der Waals surface area contributed by atoms with E-state index in [1.54, 1.807) is 0 Å². The summed E-state index contributed by atoms with van der Waals surface area (Å²) in [6, 6.07) is 82.1. The average molecular weight is 791 g/mol. The number of para-hydroxylation sites is 2. The molecule has 0 fully saturated rings. The molecule has 0 saturated heterocycles. The minimum atomic E-state index is 0.688. The van der Waals surface area contributed by atoms with Crippen molar-refractivity contribution >= 4 is 43.7 Å². The number of nitrogens with zero attached hydrogens (tertiary/aromatic N) is 4. The van der Waals surface area contributed by atoms with E-state index >= 15 is 0 Å². The van der Waals surface area contributed by atoms with Gasteiger partial charge in [-0.3, -0.25) is 0 Å². The van der Waals surface area contributed by atoms with Gasteiger partial charge >= 0.3 is 0 Å². The molecule has 0 aliphatic carbocycles. The van der Waals surface area contributed by atoms with Crippen LogP contribution in [0.5, 0.6) is 0 Å². The summed E-state index contributed by atoms with van der Waals surface area (Å²) in [6.45, 7) is 0. The maximum absolute atomic E-state index is 5.46. The van der Waals surface area contributed by atoms with Gasteiger partial charge in [-0.05, 0) is 88.0 Å². The molecule has 4 heteroatoms.